The number of aryl methyl sites for hydroxylation is 2. The van der Waals surface area contributed by atoms with Crippen LogP contribution in [0.3, 0.4) is 0 Å². The molecule has 0 aliphatic heterocycles. The third-order valence-electron chi connectivity index (χ3n) is 5.73. The van der Waals surface area contributed by atoms with Gasteiger partial charge in [0.2, 0.25) is 5.69 Å². The van der Waals surface area contributed by atoms with Crippen LogP contribution < -0.4 is 17.0 Å². The van der Waals surface area contributed by atoms with E-state index in [4.69, 9.17) is 0 Å². The van der Waals surface area contributed by atoms with Crippen molar-refractivity contribution in [3.05, 3.63) is 102 Å². The number of nitrogens with zero attached hydrogens (tertiary/aromatic N) is 2. The molecule has 0 saturated carbocycles. The molecule has 0 radical (unpaired) electrons. The van der Waals surface area contributed by atoms with Crippen LogP contribution in [0.1, 0.15) is 23.2 Å². The topological polar surface area (TPSA) is 74.3 Å². The Bertz CT molecular complexity index is 1210. The molecular formula is C25H27Cl2N2O3P. The molecule has 1 unspecified atom stereocenters. The number of allylic oxidation sites excluding steroid dienone is 4. The molecule has 174 valence electrons. The zero-order valence-corrected chi connectivity index (χ0v) is 20.9. The minimum Gasteiger partial charge on any atom is -1.00 e. The molecule has 0 saturated heterocycles. The lowest BCUT2D eigenvalue weighted by molar-refractivity contribution is -0.604. The molecule has 4 rings (SSSR count). The van der Waals surface area contributed by atoms with E-state index in [0.29, 0.717) is 6.42 Å². The van der Waals surface area contributed by atoms with Crippen molar-refractivity contribution < 1.29 is 31.3 Å². The average Bonchev–Trinajstić information content (AvgIpc) is 2.73. The monoisotopic (exact) mass is 504 g/mol. The number of halogens is 2. The lowest BCUT2D eigenvalue weighted by Crippen LogP contribution is -3.00. The van der Waals surface area contributed by atoms with Gasteiger partial charge in [-0.2, -0.15) is 4.57 Å². The standard InChI is InChI=1S/C25H25N2O3P.2ClH/c1-19-14-20(2)16-23(15-19)27-13-8-22(21-6-11-26-12-7-21)17-24(27)18-25(31(28,29)30)9-4-3-5-10-25;;/h3-9,11-17H,10,18H2,1-2H3,(H-,28,29,30);2*1H. The summed E-state index contributed by atoms with van der Waals surface area (Å²) in [6.45, 7) is 4.10. The molecule has 5 nitrogen and oxygen atoms in total. The largest absolute Gasteiger partial charge is 1.00 e. The third kappa shape index (κ3) is 5.81. The number of hydrogen-bond acceptors (Lipinski definition) is 2. The maximum Gasteiger partial charge on any atom is 0.336 e. The van der Waals surface area contributed by atoms with Crippen molar-refractivity contribution in [2.24, 2.45) is 0 Å². The van der Waals surface area contributed by atoms with Crippen LogP contribution >= 0.6 is 20.0 Å². The Kier molecular flexibility index (Phi) is 8.81. The van der Waals surface area contributed by atoms with Gasteiger partial charge in [0.1, 0.15) is 5.16 Å². The van der Waals surface area contributed by atoms with Crippen LogP contribution in [0.25, 0.3) is 16.8 Å². The fraction of sp³-hybridized carbons (Fsp3) is 0.200. The Morgan fingerprint density at radius 1 is 1.00 bits per heavy atom. The highest BCUT2D eigenvalue weighted by Crippen LogP contribution is 2.56. The van der Waals surface area contributed by atoms with Crippen molar-refractivity contribution in [1.29, 1.82) is 0 Å². The lowest BCUT2D eigenvalue weighted by Gasteiger charge is -2.31. The molecule has 2 heterocycles. The highest BCUT2D eigenvalue weighted by molar-refractivity contribution is 7.53. The molecule has 0 spiro atoms. The molecule has 1 aliphatic carbocycles. The molecule has 1 aliphatic rings. The van der Waals surface area contributed by atoms with Crippen LogP contribution in [0.15, 0.2) is 85.4 Å². The summed E-state index contributed by atoms with van der Waals surface area (Å²) >= 11 is 0. The summed E-state index contributed by atoms with van der Waals surface area (Å²) in [5, 5.41) is -1.26. The summed E-state index contributed by atoms with van der Waals surface area (Å²) in [5.74, 6) is 0. The van der Waals surface area contributed by atoms with E-state index in [2.05, 4.69) is 23.2 Å². The van der Waals surface area contributed by atoms with Gasteiger partial charge in [0.05, 0.1) is 6.42 Å². The van der Waals surface area contributed by atoms with Crippen LogP contribution in [0.5, 0.6) is 0 Å². The molecular weight excluding hydrogens is 478 g/mol. The first-order valence-corrected chi connectivity index (χ1v) is 11.8. The molecule has 0 amide bonds. The number of aromatic nitrogens is 2. The van der Waals surface area contributed by atoms with E-state index in [1.54, 1.807) is 24.5 Å². The van der Waals surface area contributed by atoms with E-state index in [1.165, 1.54) is 0 Å². The van der Waals surface area contributed by atoms with Gasteiger partial charge in [0, 0.05) is 36.7 Å². The van der Waals surface area contributed by atoms with E-state index in [-0.39, 0.29) is 31.2 Å². The SMILES string of the molecule is Cc1cc(C)cc(-[n+]2ccc(-c3ccncc3)cc2CC2(P(=O)(O)O)C=CC=CC2)c1.Cl.[Cl-]. The Morgan fingerprint density at radius 2 is 1.67 bits per heavy atom. The van der Waals surface area contributed by atoms with Gasteiger partial charge in [-0.15, -0.1) is 12.4 Å². The summed E-state index contributed by atoms with van der Waals surface area (Å²) in [7, 11) is -4.42. The normalized spacial score (nSPS) is 17.2. The molecule has 2 N–H and O–H groups in total. The highest BCUT2D eigenvalue weighted by atomic mass is 35.5. The highest BCUT2D eigenvalue weighted by Gasteiger charge is 2.46. The van der Waals surface area contributed by atoms with Crippen LogP contribution in [-0.2, 0) is 11.0 Å². The number of pyridine rings is 2. The number of rotatable bonds is 5. The van der Waals surface area contributed by atoms with E-state index in [1.807, 2.05) is 61.0 Å². The van der Waals surface area contributed by atoms with Gasteiger partial charge in [-0.3, -0.25) is 9.55 Å². The maximum absolute atomic E-state index is 12.6. The quantitative estimate of drug-likeness (QED) is 0.412. The first-order chi connectivity index (χ1) is 14.8. The smallest absolute Gasteiger partial charge is 0.336 e. The predicted molar refractivity (Wildman–Crippen MR) is 129 cm³/mol. The van der Waals surface area contributed by atoms with Crippen LogP contribution in [0, 0.1) is 13.8 Å². The Balaban J connectivity index is 0.00000193. The van der Waals surface area contributed by atoms with Gasteiger partial charge < -0.3 is 22.2 Å². The van der Waals surface area contributed by atoms with Gasteiger partial charge >= 0.3 is 7.60 Å². The minimum absolute atomic E-state index is 0. The summed E-state index contributed by atoms with van der Waals surface area (Å²) in [4.78, 5) is 24.7. The van der Waals surface area contributed by atoms with Crippen LogP contribution in [0.2, 0.25) is 0 Å². The third-order valence-corrected chi connectivity index (χ3v) is 7.38. The second-order valence-electron chi connectivity index (χ2n) is 8.17. The fourth-order valence-corrected chi connectivity index (χ4v) is 5.16. The minimum atomic E-state index is -4.42. The van der Waals surface area contributed by atoms with Crippen LogP contribution in [0.4, 0.5) is 0 Å². The first-order valence-electron chi connectivity index (χ1n) is 10.2. The summed E-state index contributed by atoms with van der Waals surface area (Å²) < 4.78 is 14.7. The van der Waals surface area contributed by atoms with Gasteiger partial charge in [-0.1, -0.05) is 30.4 Å². The first kappa shape index (κ1) is 27.0. The summed E-state index contributed by atoms with van der Waals surface area (Å²) in [6, 6.07) is 14.2. The Hall–Kier alpha value is -2.27. The van der Waals surface area contributed by atoms with Gasteiger partial charge in [-0.05, 0) is 54.7 Å². The molecule has 0 fully saturated rings. The van der Waals surface area contributed by atoms with E-state index in [0.717, 1.165) is 33.6 Å². The summed E-state index contributed by atoms with van der Waals surface area (Å²) in [5.41, 5.74) is 6.07. The van der Waals surface area contributed by atoms with Gasteiger partial charge in [0.15, 0.2) is 11.9 Å². The average molecular weight is 505 g/mol. The molecule has 3 aromatic rings. The van der Waals surface area contributed by atoms with E-state index < -0.39 is 12.8 Å². The van der Waals surface area contributed by atoms with Crippen molar-refractivity contribution in [3.8, 4) is 16.8 Å². The van der Waals surface area contributed by atoms with Crippen molar-refractivity contribution in [3.63, 3.8) is 0 Å². The van der Waals surface area contributed by atoms with Crippen molar-refractivity contribution >= 4 is 20.0 Å². The Labute approximate surface area is 206 Å². The zero-order chi connectivity index (χ0) is 22.1. The molecule has 0 bridgehead atoms. The molecule has 2 aromatic heterocycles. The number of hydrogen-bond donors (Lipinski definition) is 2. The van der Waals surface area contributed by atoms with Gasteiger partial charge in [0.25, 0.3) is 0 Å². The zero-order valence-electron chi connectivity index (χ0n) is 18.4. The molecule has 1 aromatic carbocycles. The Morgan fingerprint density at radius 3 is 2.24 bits per heavy atom. The second-order valence-corrected chi connectivity index (χ2v) is 10.2. The maximum atomic E-state index is 12.6. The van der Waals surface area contributed by atoms with Crippen molar-refractivity contribution in [2.45, 2.75) is 31.8 Å². The molecule has 33 heavy (non-hydrogen) atoms. The lowest BCUT2D eigenvalue weighted by atomic mass is 9.92. The molecule has 1 atom stereocenters. The second kappa shape index (κ2) is 10.8. The van der Waals surface area contributed by atoms with E-state index >= 15 is 0 Å². The molecule has 8 heteroatoms. The summed E-state index contributed by atoms with van der Waals surface area (Å²) in [6.07, 6.45) is 13.0. The van der Waals surface area contributed by atoms with Gasteiger partial charge in [-0.25, -0.2) is 0 Å². The fourth-order valence-electron chi connectivity index (χ4n) is 4.17. The van der Waals surface area contributed by atoms with Crippen molar-refractivity contribution in [1.82, 2.24) is 4.98 Å². The van der Waals surface area contributed by atoms with Crippen molar-refractivity contribution in [2.75, 3.05) is 0 Å². The van der Waals surface area contributed by atoms with E-state index in [9.17, 15) is 14.4 Å². The predicted octanol–water partition coefficient (Wildman–Crippen LogP) is 2.04. The number of benzene rings is 1. The van der Waals surface area contributed by atoms with Crippen LogP contribution in [-0.4, -0.2) is 19.9 Å².